The maximum Gasteiger partial charge on any atom is 0.225 e. The summed E-state index contributed by atoms with van der Waals surface area (Å²) in [5, 5.41) is 9.17. The van der Waals surface area contributed by atoms with E-state index in [1.165, 1.54) is 29.2 Å². The van der Waals surface area contributed by atoms with E-state index in [9.17, 15) is 9.59 Å². The number of fused-ring (bicyclic) bond motifs is 1. The first-order chi connectivity index (χ1) is 15.7. The number of benzene rings is 2. The number of halogens is 3. The Kier molecular flexibility index (Phi) is 6.09. The van der Waals surface area contributed by atoms with Gasteiger partial charge in [-0.1, -0.05) is 11.6 Å². The van der Waals surface area contributed by atoms with Gasteiger partial charge in [-0.05, 0) is 31.0 Å². The van der Waals surface area contributed by atoms with E-state index in [4.69, 9.17) is 16.9 Å². The average molecular weight is 471 g/mol. The summed E-state index contributed by atoms with van der Waals surface area (Å²) in [6, 6.07) is 8.84. The van der Waals surface area contributed by atoms with Gasteiger partial charge in [0.25, 0.3) is 0 Å². The molecule has 4 rings (SSSR count). The first kappa shape index (κ1) is 22.7. The minimum atomic E-state index is -0.938. The van der Waals surface area contributed by atoms with Gasteiger partial charge in [-0.25, -0.2) is 8.78 Å². The fourth-order valence-electron chi connectivity index (χ4n) is 4.28. The van der Waals surface area contributed by atoms with Crippen LogP contribution in [0.3, 0.4) is 0 Å². The predicted molar refractivity (Wildman–Crippen MR) is 123 cm³/mol. The summed E-state index contributed by atoms with van der Waals surface area (Å²) in [4.78, 5) is 31.0. The van der Waals surface area contributed by atoms with E-state index in [-0.39, 0.29) is 39.1 Å². The number of amides is 1. The fourth-order valence-corrected chi connectivity index (χ4v) is 4.50. The number of nitrogens with one attached hydrogen (secondary N) is 1. The molecule has 170 valence electrons. The number of carbonyl (C=O) groups excluding carboxylic acids is 1. The van der Waals surface area contributed by atoms with Crippen LogP contribution < -0.4 is 10.3 Å². The van der Waals surface area contributed by atoms with Crippen LogP contribution in [0.1, 0.15) is 18.4 Å². The molecular weight excluding hydrogens is 450 g/mol. The lowest BCUT2D eigenvalue weighted by atomic mass is 9.95. The maximum absolute atomic E-state index is 15.4. The Bertz CT molecular complexity index is 1360. The molecule has 1 aliphatic heterocycles. The molecule has 0 aliphatic carbocycles. The smallest absolute Gasteiger partial charge is 0.225 e. The summed E-state index contributed by atoms with van der Waals surface area (Å²) in [6.07, 6.45) is 0.938. The molecule has 1 amide bonds. The molecule has 2 heterocycles. The topological polar surface area (TPSA) is 80.2 Å². The second-order valence-corrected chi connectivity index (χ2v) is 8.70. The minimum Gasteiger partial charge on any atom is -0.367 e. The number of nitriles is 1. The SMILES string of the molecule is CN(C)C(=O)C1CCN(c2c(F)cc3[nH]c(-c4cc(C#N)ccc4Cl)cc(=O)c3c2F)CC1. The van der Waals surface area contributed by atoms with E-state index in [1.54, 1.807) is 19.0 Å². The van der Waals surface area contributed by atoms with E-state index in [2.05, 4.69) is 4.98 Å². The molecule has 1 N–H and O–H groups in total. The van der Waals surface area contributed by atoms with Crippen LogP contribution in [0, 0.1) is 28.9 Å². The standard InChI is InChI=1S/C24H21ClF2N4O2/c1-30(2)24(33)14-5-7-31(8-6-14)23-17(26)10-19-21(22(23)27)20(32)11-18(29-19)15-9-13(12-28)3-4-16(15)25/h3-4,9-11,14H,5-8H2,1-2H3,(H,29,32). The van der Waals surface area contributed by atoms with Gasteiger partial charge in [0, 0.05) is 55.8 Å². The third kappa shape index (κ3) is 4.16. The van der Waals surface area contributed by atoms with Crippen LogP contribution in [0.25, 0.3) is 22.2 Å². The highest BCUT2D eigenvalue weighted by molar-refractivity contribution is 6.33. The van der Waals surface area contributed by atoms with Crippen LogP contribution in [0.5, 0.6) is 0 Å². The van der Waals surface area contributed by atoms with Crippen molar-refractivity contribution in [2.75, 3.05) is 32.1 Å². The minimum absolute atomic E-state index is 0.00259. The normalized spacial score (nSPS) is 14.4. The van der Waals surface area contributed by atoms with Crippen molar-refractivity contribution < 1.29 is 13.6 Å². The molecular formula is C24H21ClF2N4O2. The van der Waals surface area contributed by atoms with E-state index < -0.39 is 17.1 Å². The van der Waals surface area contributed by atoms with Gasteiger partial charge >= 0.3 is 0 Å². The van der Waals surface area contributed by atoms with Gasteiger partial charge in [-0.3, -0.25) is 9.59 Å². The first-order valence-corrected chi connectivity index (χ1v) is 10.8. The summed E-state index contributed by atoms with van der Waals surface area (Å²) in [5.41, 5.74) is 0.0672. The molecule has 0 radical (unpaired) electrons. The lowest BCUT2D eigenvalue weighted by Crippen LogP contribution is -2.40. The van der Waals surface area contributed by atoms with Gasteiger partial charge in [0.2, 0.25) is 5.91 Å². The molecule has 0 spiro atoms. The van der Waals surface area contributed by atoms with Gasteiger partial charge in [0.05, 0.1) is 28.2 Å². The fraction of sp³-hybridized carbons (Fsp3) is 0.292. The molecule has 0 bridgehead atoms. The number of nitrogens with zero attached hydrogens (tertiary/aromatic N) is 3. The third-order valence-electron chi connectivity index (χ3n) is 5.97. The van der Waals surface area contributed by atoms with E-state index in [0.29, 0.717) is 37.1 Å². The molecule has 9 heteroatoms. The number of pyridine rings is 1. The molecule has 2 aromatic carbocycles. The van der Waals surface area contributed by atoms with Gasteiger partial charge < -0.3 is 14.8 Å². The second-order valence-electron chi connectivity index (χ2n) is 8.29. The largest absolute Gasteiger partial charge is 0.367 e. The lowest BCUT2D eigenvalue weighted by Gasteiger charge is -2.34. The van der Waals surface area contributed by atoms with Gasteiger partial charge in [-0.2, -0.15) is 5.26 Å². The third-order valence-corrected chi connectivity index (χ3v) is 6.30. The number of rotatable bonds is 3. The van der Waals surface area contributed by atoms with Crippen molar-refractivity contribution in [1.29, 1.82) is 5.26 Å². The number of hydrogen-bond donors (Lipinski definition) is 1. The Morgan fingerprint density at radius 1 is 1.21 bits per heavy atom. The van der Waals surface area contributed by atoms with Crippen molar-refractivity contribution in [3.05, 3.63) is 62.8 Å². The lowest BCUT2D eigenvalue weighted by molar-refractivity contribution is -0.133. The average Bonchev–Trinajstić information content (AvgIpc) is 2.78. The van der Waals surface area contributed by atoms with Crippen molar-refractivity contribution in [3.63, 3.8) is 0 Å². The molecule has 33 heavy (non-hydrogen) atoms. The summed E-state index contributed by atoms with van der Waals surface area (Å²) in [5.74, 6) is -1.94. The molecule has 0 unspecified atom stereocenters. The van der Waals surface area contributed by atoms with Crippen LogP contribution in [0.15, 0.2) is 35.1 Å². The highest BCUT2D eigenvalue weighted by Gasteiger charge is 2.30. The van der Waals surface area contributed by atoms with Gasteiger partial charge in [0.15, 0.2) is 17.1 Å². The Balaban J connectivity index is 1.74. The van der Waals surface area contributed by atoms with Crippen LogP contribution in [-0.4, -0.2) is 43.0 Å². The molecule has 0 atom stereocenters. The Morgan fingerprint density at radius 2 is 1.91 bits per heavy atom. The number of aromatic amines is 1. The monoisotopic (exact) mass is 470 g/mol. The van der Waals surface area contributed by atoms with Gasteiger partial charge in [0.1, 0.15) is 5.69 Å². The second kappa shape index (κ2) is 8.83. The van der Waals surface area contributed by atoms with E-state index >= 15 is 8.78 Å². The molecule has 1 aliphatic rings. The number of aromatic nitrogens is 1. The number of hydrogen-bond acceptors (Lipinski definition) is 4. The van der Waals surface area contributed by atoms with Crippen LogP contribution in [-0.2, 0) is 4.79 Å². The van der Waals surface area contributed by atoms with Crippen LogP contribution in [0.4, 0.5) is 14.5 Å². The van der Waals surface area contributed by atoms with Crippen LogP contribution in [0.2, 0.25) is 5.02 Å². The highest BCUT2D eigenvalue weighted by atomic mass is 35.5. The van der Waals surface area contributed by atoms with Crippen molar-refractivity contribution in [3.8, 4) is 17.3 Å². The van der Waals surface area contributed by atoms with Crippen LogP contribution >= 0.6 is 11.6 Å². The van der Waals surface area contributed by atoms with Crippen molar-refractivity contribution in [1.82, 2.24) is 9.88 Å². The quantitative estimate of drug-likeness (QED) is 0.618. The summed E-state index contributed by atoms with van der Waals surface area (Å²) < 4.78 is 30.5. The molecule has 6 nitrogen and oxygen atoms in total. The Morgan fingerprint density at radius 3 is 2.55 bits per heavy atom. The van der Waals surface area contributed by atoms with E-state index in [1.807, 2.05) is 6.07 Å². The van der Waals surface area contributed by atoms with Crippen molar-refractivity contribution in [2.24, 2.45) is 5.92 Å². The maximum atomic E-state index is 15.4. The number of anilines is 1. The zero-order valence-electron chi connectivity index (χ0n) is 18.1. The van der Waals surface area contributed by atoms with Crippen molar-refractivity contribution in [2.45, 2.75) is 12.8 Å². The predicted octanol–water partition coefficient (Wildman–Crippen LogP) is 4.30. The van der Waals surface area contributed by atoms with E-state index in [0.717, 1.165) is 6.07 Å². The summed E-state index contributed by atoms with van der Waals surface area (Å²) in [7, 11) is 3.36. The Labute approximate surface area is 194 Å². The molecule has 1 saturated heterocycles. The number of piperidine rings is 1. The summed E-state index contributed by atoms with van der Waals surface area (Å²) >= 11 is 6.22. The zero-order chi connectivity index (χ0) is 23.9. The highest BCUT2D eigenvalue weighted by Crippen LogP contribution is 2.34. The number of H-pyrrole nitrogens is 1. The first-order valence-electron chi connectivity index (χ1n) is 10.4. The number of carbonyl (C=O) groups is 1. The van der Waals surface area contributed by atoms with Crippen molar-refractivity contribution >= 4 is 34.1 Å². The Hall–Kier alpha value is -3.44. The molecule has 0 saturated carbocycles. The zero-order valence-corrected chi connectivity index (χ0v) is 18.8. The summed E-state index contributed by atoms with van der Waals surface area (Å²) in [6.45, 7) is 0.603. The molecule has 1 aromatic heterocycles. The molecule has 3 aromatic rings. The molecule has 1 fully saturated rings. The van der Waals surface area contributed by atoms with Gasteiger partial charge in [-0.15, -0.1) is 0 Å².